The summed E-state index contributed by atoms with van der Waals surface area (Å²) in [5.41, 5.74) is 1.04. The van der Waals surface area contributed by atoms with Crippen LogP contribution in [0.5, 0.6) is 0 Å². The van der Waals surface area contributed by atoms with Crippen molar-refractivity contribution in [3.8, 4) is 10.4 Å². The molecule has 94 valence electrons. The zero-order valence-corrected chi connectivity index (χ0v) is 11.1. The van der Waals surface area contributed by atoms with E-state index in [0.29, 0.717) is 6.54 Å². The molecule has 4 nitrogen and oxygen atoms in total. The Balaban J connectivity index is 2.45. The first kappa shape index (κ1) is 12.7. The number of carbonyl (C=O) groups is 1. The molecule has 1 aromatic heterocycles. The van der Waals surface area contributed by atoms with Crippen LogP contribution in [0.25, 0.3) is 10.4 Å². The van der Waals surface area contributed by atoms with Crippen molar-refractivity contribution in [2.24, 2.45) is 0 Å². The molecule has 2 rings (SSSR count). The lowest BCUT2D eigenvalue weighted by atomic mass is 10.1. The van der Waals surface area contributed by atoms with E-state index in [1.807, 2.05) is 49.3 Å². The first-order valence-corrected chi connectivity index (χ1v) is 6.32. The average molecular weight is 262 g/mol. The normalized spacial score (nSPS) is 10.8. The molecule has 0 saturated heterocycles. The third kappa shape index (κ3) is 2.75. The minimum atomic E-state index is -0.977. The molecule has 0 unspecified atom stereocenters. The number of rotatable bonds is 4. The van der Waals surface area contributed by atoms with Gasteiger partial charge in [0.25, 0.3) is 0 Å². The van der Waals surface area contributed by atoms with Crippen molar-refractivity contribution < 1.29 is 9.90 Å². The lowest BCUT2D eigenvalue weighted by molar-refractivity contribution is 0.0692. The van der Waals surface area contributed by atoms with Crippen molar-refractivity contribution in [3.63, 3.8) is 0 Å². The van der Waals surface area contributed by atoms with E-state index in [-0.39, 0.29) is 5.69 Å². The summed E-state index contributed by atoms with van der Waals surface area (Å²) in [6.45, 7) is 0.651. The minimum Gasteiger partial charge on any atom is -0.476 e. The fraction of sp³-hybridized carbons (Fsp3) is 0.231. The molecule has 18 heavy (non-hydrogen) atoms. The van der Waals surface area contributed by atoms with Gasteiger partial charge in [-0.15, -0.1) is 11.3 Å². The summed E-state index contributed by atoms with van der Waals surface area (Å²) in [5.74, 6) is -0.977. The molecule has 5 heteroatoms. The summed E-state index contributed by atoms with van der Waals surface area (Å²) >= 11 is 1.44. The maximum Gasteiger partial charge on any atom is 0.356 e. The van der Waals surface area contributed by atoms with Crippen LogP contribution in [0.1, 0.15) is 15.5 Å². The highest BCUT2D eigenvalue weighted by Crippen LogP contribution is 2.30. The Hall–Kier alpha value is -1.72. The summed E-state index contributed by atoms with van der Waals surface area (Å²) in [5, 5.41) is 10.0. The maximum absolute atomic E-state index is 11.2. The molecule has 0 aliphatic heterocycles. The zero-order chi connectivity index (χ0) is 13.1. The number of aromatic carboxylic acids is 1. The van der Waals surface area contributed by atoms with Crippen LogP contribution in [0.15, 0.2) is 30.3 Å². The molecule has 0 spiro atoms. The van der Waals surface area contributed by atoms with Gasteiger partial charge in [0, 0.05) is 6.54 Å². The van der Waals surface area contributed by atoms with Crippen molar-refractivity contribution in [2.45, 2.75) is 6.54 Å². The Morgan fingerprint density at radius 2 is 2.00 bits per heavy atom. The van der Waals surface area contributed by atoms with Crippen molar-refractivity contribution in [1.82, 2.24) is 9.88 Å². The van der Waals surface area contributed by atoms with Crippen LogP contribution in [-0.4, -0.2) is 35.1 Å². The number of benzene rings is 1. The molecule has 1 N–H and O–H groups in total. The molecule has 1 heterocycles. The molecule has 0 radical (unpaired) electrons. The van der Waals surface area contributed by atoms with Crippen LogP contribution in [0, 0.1) is 0 Å². The second kappa shape index (κ2) is 5.29. The van der Waals surface area contributed by atoms with Crippen LogP contribution in [0.4, 0.5) is 0 Å². The van der Waals surface area contributed by atoms with Crippen LogP contribution in [-0.2, 0) is 6.54 Å². The highest BCUT2D eigenvalue weighted by atomic mass is 32.1. The first-order valence-electron chi connectivity index (χ1n) is 5.51. The number of aromatic nitrogens is 1. The van der Waals surface area contributed by atoms with Crippen molar-refractivity contribution in [2.75, 3.05) is 14.1 Å². The molecule has 2 aromatic rings. The van der Waals surface area contributed by atoms with Crippen LogP contribution < -0.4 is 0 Å². The molecule has 0 aliphatic carbocycles. The van der Waals surface area contributed by atoms with E-state index in [1.165, 1.54) is 11.3 Å². The van der Waals surface area contributed by atoms with E-state index in [4.69, 9.17) is 0 Å². The van der Waals surface area contributed by atoms with E-state index in [1.54, 1.807) is 0 Å². The molecule has 0 fully saturated rings. The number of carboxylic acids is 1. The van der Waals surface area contributed by atoms with Gasteiger partial charge in [-0.25, -0.2) is 9.78 Å². The highest BCUT2D eigenvalue weighted by molar-refractivity contribution is 7.15. The van der Waals surface area contributed by atoms with Gasteiger partial charge in [-0.1, -0.05) is 30.3 Å². The molecule has 0 amide bonds. The van der Waals surface area contributed by atoms with Gasteiger partial charge in [-0.3, -0.25) is 0 Å². The summed E-state index contributed by atoms with van der Waals surface area (Å²) in [4.78, 5) is 18.1. The van der Waals surface area contributed by atoms with E-state index in [2.05, 4.69) is 4.98 Å². The lowest BCUT2D eigenvalue weighted by Crippen LogP contribution is -2.10. The van der Waals surface area contributed by atoms with Gasteiger partial charge in [0.2, 0.25) is 0 Å². The van der Waals surface area contributed by atoms with Crippen LogP contribution >= 0.6 is 11.3 Å². The Morgan fingerprint density at radius 1 is 1.33 bits per heavy atom. The number of hydrogen-bond donors (Lipinski definition) is 1. The molecule has 0 bridgehead atoms. The molecular formula is C13H14N2O2S. The number of thiazole rings is 1. The van der Waals surface area contributed by atoms with E-state index >= 15 is 0 Å². The third-order valence-electron chi connectivity index (χ3n) is 2.36. The quantitative estimate of drug-likeness (QED) is 0.920. The fourth-order valence-electron chi connectivity index (χ4n) is 1.63. The van der Waals surface area contributed by atoms with Crippen molar-refractivity contribution >= 4 is 17.3 Å². The predicted molar refractivity (Wildman–Crippen MR) is 71.9 cm³/mol. The van der Waals surface area contributed by atoms with Crippen LogP contribution in [0.3, 0.4) is 0 Å². The number of carboxylic acid groups (broad SMARTS) is 1. The van der Waals surface area contributed by atoms with E-state index in [9.17, 15) is 9.90 Å². The standard InChI is InChI=1S/C13H14N2O2S/c1-15(2)8-10-14-11(13(16)17)12(18-10)9-6-4-3-5-7-9/h3-7H,8H2,1-2H3,(H,16,17). The Bertz CT molecular complexity index is 549. The van der Waals surface area contributed by atoms with Gasteiger partial charge in [0.05, 0.1) is 4.88 Å². The zero-order valence-electron chi connectivity index (χ0n) is 10.3. The lowest BCUT2D eigenvalue weighted by Gasteiger charge is -2.04. The number of nitrogens with zero attached hydrogens (tertiary/aromatic N) is 2. The largest absolute Gasteiger partial charge is 0.476 e. The van der Waals surface area contributed by atoms with Gasteiger partial charge in [0.1, 0.15) is 5.01 Å². The SMILES string of the molecule is CN(C)Cc1nc(C(=O)O)c(-c2ccccc2)s1. The average Bonchev–Trinajstić information content (AvgIpc) is 2.73. The molecule has 0 saturated carbocycles. The monoisotopic (exact) mass is 262 g/mol. The Morgan fingerprint density at radius 3 is 2.56 bits per heavy atom. The van der Waals surface area contributed by atoms with E-state index in [0.717, 1.165) is 15.4 Å². The topological polar surface area (TPSA) is 53.4 Å². The maximum atomic E-state index is 11.2. The third-order valence-corrected chi connectivity index (χ3v) is 3.45. The Kier molecular flexibility index (Phi) is 3.74. The molecule has 1 aromatic carbocycles. The van der Waals surface area contributed by atoms with E-state index < -0.39 is 5.97 Å². The summed E-state index contributed by atoms with van der Waals surface area (Å²) in [6.07, 6.45) is 0. The van der Waals surface area contributed by atoms with Gasteiger partial charge >= 0.3 is 5.97 Å². The predicted octanol–water partition coefficient (Wildman–Crippen LogP) is 2.57. The first-order chi connectivity index (χ1) is 8.58. The molecule has 0 aliphatic rings. The van der Waals surface area contributed by atoms with Crippen LogP contribution in [0.2, 0.25) is 0 Å². The molecular weight excluding hydrogens is 248 g/mol. The van der Waals surface area contributed by atoms with Gasteiger partial charge < -0.3 is 10.0 Å². The summed E-state index contributed by atoms with van der Waals surface area (Å²) < 4.78 is 0. The fourth-order valence-corrected chi connectivity index (χ4v) is 2.81. The Labute approximate surface area is 110 Å². The minimum absolute atomic E-state index is 0.142. The van der Waals surface area contributed by atoms with Gasteiger partial charge in [-0.2, -0.15) is 0 Å². The smallest absolute Gasteiger partial charge is 0.356 e. The molecule has 0 atom stereocenters. The summed E-state index contributed by atoms with van der Waals surface area (Å²) in [7, 11) is 3.87. The summed E-state index contributed by atoms with van der Waals surface area (Å²) in [6, 6.07) is 9.50. The second-order valence-corrected chi connectivity index (χ2v) is 5.28. The highest BCUT2D eigenvalue weighted by Gasteiger charge is 2.18. The van der Waals surface area contributed by atoms with Gasteiger partial charge in [0.15, 0.2) is 5.69 Å². The van der Waals surface area contributed by atoms with Gasteiger partial charge in [-0.05, 0) is 19.7 Å². The van der Waals surface area contributed by atoms with Crippen molar-refractivity contribution in [1.29, 1.82) is 0 Å². The number of hydrogen-bond acceptors (Lipinski definition) is 4. The van der Waals surface area contributed by atoms with Crippen molar-refractivity contribution in [3.05, 3.63) is 41.0 Å². The second-order valence-electron chi connectivity index (χ2n) is 4.19.